The van der Waals surface area contributed by atoms with E-state index >= 15 is 4.39 Å². The quantitative estimate of drug-likeness (QED) is 0.245. The molecule has 0 aliphatic heterocycles. The lowest BCUT2D eigenvalue weighted by atomic mass is 9.94. The Hall–Kier alpha value is -4.76. The van der Waals surface area contributed by atoms with E-state index < -0.39 is 23.8 Å². The van der Waals surface area contributed by atoms with E-state index in [0.717, 1.165) is 28.1 Å². The summed E-state index contributed by atoms with van der Waals surface area (Å²) in [6.45, 7) is 0. The summed E-state index contributed by atoms with van der Waals surface area (Å²) < 4.78 is 17.0. The maximum Gasteiger partial charge on any atom is 0.252 e. The van der Waals surface area contributed by atoms with Crippen molar-refractivity contribution in [1.82, 2.24) is 14.8 Å². The minimum atomic E-state index is -0.802. The van der Waals surface area contributed by atoms with Gasteiger partial charge in [0.2, 0.25) is 0 Å². The molecule has 8 nitrogen and oxygen atoms in total. The molecule has 37 heavy (non-hydrogen) atoms. The number of anilines is 3. The third kappa shape index (κ3) is 4.98. The number of aryl methyl sites for hydroxylation is 1. The lowest BCUT2D eigenvalue weighted by Gasteiger charge is -2.27. The zero-order chi connectivity index (χ0) is 25.9. The number of aromatic nitrogens is 3. The minimum absolute atomic E-state index is 0.0600. The SMILES string of the molecule is Cn1ncc2cc(Nc3nc(NC(c4ccccc4)[C@@H](N)c4ccccc4)c(F)cc3C(N)=O)ccc21. The Morgan fingerprint density at radius 2 is 1.62 bits per heavy atom. The predicted molar refractivity (Wildman–Crippen MR) is 143 cm³/mol. The first-order valence-corrected chi connectivity index (χ1v) is 11.7. The summed E-state index contributed by atoms with van der Waals surface area (Å²) in [5.74, 6) is -1.46. The van der Waals surface area contributed by atoms with Gasteiger partial charge in [-0.1, -0.05) is 60.7 Å². The Kier molecular flexibility index (Phi) is 6.53. The number of hydrogen-bond acceptors (Lipinski definition) is 6. The number of carbonyl (C=O) groups excluding carboxylic acids is 1. The van der Waals surface area contributed by atoms with Crippen molar-refractivity contribution < 1.29 is 9.18 Å². The van der Waals surface area contributed by atoms with Gasteiger partial charge < -0.3 is 22.1 Å². The molecule has 2 atom stereocenters. The molecule has 0 radical (unpaired) electrons. The molecular weight excluding hydrogens is 469 g/mol. The van der Waals surface area contributed by atoms with Gasteiger partial charge in [-0.2, -0.15) is 5.10 Å². The number of pyridine rings is 1. The maximum atomic E-state index is 15.3. The second-order valence-corrected chi connectivity index (χ2v) is 8.72. The van der Waals surface area contributed by atoms with Gasteiger partial charge in [-0.3, -0.25) is 9.48 Å². The highest BCUT2D eigenvalue weighted by atomic mass is 19.1. The number of nitrogens with one attached hydrogen (secondary N) is 2. The Bertz CT molecular complexity index is 1550. The Labute approximate surface area is 213 Å². The number of fused-ring (bicyclic) bond motifs is 1. The summed E-state index contributed by atoms with van der Waals surface area (Å²) >= 11 is 0. The number of hydrogen-bond donors (Lipinski definition) is 4. The van der Waals surface area contributed by atoms with Gasteiger partial charge in [0.05, 0.1) is 29.4 Å². The van der Waals surface area contributed by atoms with Crippen LogP contribution in [0.3, 0.4) is 0 Å². The second-order valence-electron chi connectivity index (χ2n) is 8.72. The summed E-state index contributed by atoms with van der Waals surface area (Å²) in [5.41, 5.74) is 15.5. The fourth-order valence-electron chi connectivity index (χ4n) is 4.31. The van der Waals surface area contributed by atoms with E-state index in [9.17, 15) is 4.79 Å². The van der Waals surface area contributed by atoms with Crippen LogP contribution in [0.5, 0.6) is 0 Å². The highest BCUT2D eigenvalue weighted by molar-refractivity contribution is 5.99. The van der Waals surface area contributed by atoms with E-state index in [4.69, 9.17) is 11.5 Å². The smallest absolute Gasteiger partial charge is 0.252 e. The highest BCUT2D eigenvalue weighted by Gasteiger charge is 2.25. The third-order valence-electron chi connectivity index (χ3n) is 6.24. The molecule has 0 saturated carbocycles. The molecule has 1 unspecified atom stereocenters. The lowest BCUT2D eigenvalue weighted by Crippen LogP contribution is -2.27. The first-order chi connectivity index (χ1) is 17.9. The molecule has 6 N–H and O–H groups in total. The summed E-state index contributed by atoms with van der Waals surface area (Å²) in [6, 6.07) is 24.7. The lowest BCUT2D eigenvalue weighted by molar-refractivity contribution is 0.100. The van der Waals surface area contributed by atoms with Crippen LogP contribution in [-0.2, 0) is 7.05 Å². The van der Waals surface area contributed by atoms with E-state index in [-0.39, 0.29) is 17.2 Å². The van der Waals surface area contributed by atoms with Crippen LogP contribution in [0.4, 0.5) is 21.7 Å². The van der Waals surface area contributed by atoms with Gasteiger partial charge in [0.1, 0.15) is 5.82 Å². The molecule has 0 saturated heterocycles. The number of benzene rings is 3. The molecule has 9 heteroatoms. The first-order valence-electron chi connectivity index (χ1n) is 11.7. The Morgan fingerprint density at radius 1 is 0.946 bits per heavy atom. The third-order valence-corrected chi connectivity index (χ3v) is 6.24. The number of carbonyl (C=O) groups is 1. The number of primary amides is 1. The monoisotopic (exact) mass is 495 g/mol. The van der Waals surface area contributed by atoms with E-state index in [1.165, 1.54) is 0 Å². The van der Waals surface area contributed by atoms with Crippen LogP contribution in [0.1, 0.15) is 33.6 Å². The molecule has 5 rings (SSSR count). The second kappa shape index (κ2) is 10.1. The van der Waals surface area contributed by atoms with E-state index in [2.05, 4.69) is 20.7 Å². The predicted octanol–water partition coefficient (Wildman–Crippen LogP) is 4.80. The summed E-state index contributed by atoms with van der Waals surface area (Å²) in [7, 11) is 1.85. The molecule has 0 aliphatic rings. The Balaban J connectivity index is 1.53. The van der Waals surface area contributed by atoms with Crippen molar-refractivity contribution >= 4 is 34.1 Å². The molecule has 0 bridgehead atoms. The summed E-state index contributed by atoms with van der Waals surface area (Å²) in [5, 5.41) is 11.4. The molecular formula is C28H26FN7O. The van der Waals surface area contributed by atoms with Crippen LogP contribution >= 0.6 is 0 Å². The fourth-order valence-corrected chi connectivity index (χ4v) is 4.31. The van der Waals surface area contributed by atoms with Crippen LogP contribution in [-0.4, -0.2) is 20.7 Å². The van der Waals surface area contributed by atoms with Gasteiger partial charge in [0, 0.05) is 18.1 Å². The molecule has 1 amide bonds. The molecule has 0 fully saturated rings. The zero-order valence-electron chi connectivity index (χ0n) is 20.1. The number of nitrogens with two attached hydrogens (primary N) is 2. The topological polar surface area (TPSA) is 124 Å². The average molecular weight is 496 g/mol. The maximum absolute atomic E-state index is 15.3. The molecule has 0 aliphatic carbocycles. The fraction of sp³-hybridized carbons (Fsp3) is 0.107. The minimum Gasteiger partial charge on any atom is -0.365 e. The number of nitrogens with zero attached hydrogens (tertiary/aromatic N) is 3. The summed E-state index contributed by atoms with van der Waals surface area (Å²) in [4.78, 5) is 16.6. The molecule has 2 heterocycles. The molecule has 5 aromatic rings. The van der Waals surface area contributed by atoms with Crippen molar-refractivity contribution in [2.75, 3.05) is 10.6 Å². The van der Waals surface area contributed by atoms with Crippen molar-refractivity contribution in [3.63, 3.8) is 0 Å². The van der Waals surface area contributed by atoms with Gasteiger partial charge in [-0.25, -0.2) is 9.37 Å². The van der Waals surface area contributed by atoms with Crippen molar-refractivity contribution in [2.45, 2.75) is 12.1 Å². The number of amides is 1. The van der Waals surface area contributed by atoms with Gasteiger partial charge >= 0.3 is 0 Å². The van der Waals surface area contributed by atoms with Crippen LogP contribution in [0.2, 0.25) is 0 Å². The van der Waals surface area contributed by atoms with Crippen LogP contribution in [0.15, 0.2) is 91.1 Å². The molecule has 2 aromatic heterocycles. The molecule has 186 valence electrons. The Morgan fingerprint density at radius 3 is 2.30 bits per heavy atom. The van der Waals surface area contributed by atoms with Crippen molar-refractivity contribution in [3.05, 3.63) is 114 Å². The van der Waals surface area contributed by atoms with Gasteiger partial charge in [-0.05, 0) is 35.4 Å². The van der Waals surface area contributed by atoms with Crippen molar-refractivity contribution in [3.8, 4) is 0 Å². The zero-order valence-corrected chi connectivity index (χ0v) is 20.1. The van der Waals surface area contributed by atoms with Crippen LogP contribution in [0.25, 0.3) is 10.9 Å². The average Bonchev–Trinajstić information content (AvgIpc) is 3.29. The molecule has 3 aromatic carbocycles. The highest BCUT2D eigenvalue weighted by Crippen LogP contribution is 2.33. The van der Waals surface area contributed by atoms with Crippen molar-refractivity contribution in [2.24, 2.45) is 18.5 Å². The van der Waals surface area contributed by atoms with E-state index in [1.54, 1.807) is 10.9 Å². The summed E-state index contributed by atoms with van der Waals surface area (Å²) in [6.07, 6.45) is 1.73. The van der Waals surface area contributed by atoms with Crippen LogP contribution in [0, 0.1) is 5.82 Å². The number of halogens is 1. The molecule has 0 spiro atoms. The first kappa shape index (κ1) is 24.0. The standard InChI is InChI=1S/C28H26FN7O/c1-36-23-13-12-20(14-19(23)16-32-36)33-27-21(26(31)37)15-22(29)28(35-27)34-25(18-10-6-3-7-11-18)24(30)17-8-4-2-5-9-17/h2-16,24-25H,30H2,1H3,(H2,31,37)(H2,33,34,35)/t24-,25?/m0/s1. The van der Waals surface area contributed by atoms with E-state index in [1.807, 2.05) is 85.9 Å². The van der Waals surface area contributed by atoms with E-state index in [0.29, 0.717) is 5.69 Å². The van der Waals surface area contributed by atoms with Gasteiger partial charge in [-0.15, -0.1) is 0 Å². The van der Waals surface area contributed by atoms with Gasteiger partial charge in [0.25, 0.3) is 5.91 Å². The largest absolute Gasteiger partial charge is 0.365 e. The normalized spacial score (nSPS) is 12.7. The van der Waals surface area contributed by atoms with Gasteiger partial charge in [0.15, 0.2) is 11.6 Å². The van der Waals surface area contributed by atoms with Crippen LogP contribution < -0.4 is 22.1 Å². The van der Waals surface area contributed by atoms with Crippen molar-refractivity contribution in [1.29, 1.82) is 0 Å². The number of rotatable bonds is 8.